The molecule has 4 rings (SSSR count). The quantitative estimate of drug-likeness (QED) is 0.492. The standard InChI is InChI=1S/C23H15Cl2F2NO5/c1-32-23(31)15-7-18(27)14(8-19(15)29)13-4-2-3-11-9-28(10-33-21(11)13)22(30)20-16(24)5-12(26)6-17(20)25/h2-8,29H,9-10H2,1H3. The van der Waals surface area contributed by atoms with Crippen LogP contribution in [0.3, 0.4) is 0 Å². The van der Waals surface area contributed by atoms with Crippen molar-refractivity contribution in [3.63, 3.8) is 0 Å². The Labute approximate surface area is 196 Å². The van der Waals surface area contributed by atoms with Crippen LogP contribution >= 0.6 is 23.2 Å². The number of nitrogens with zero attached hydrogens (tertiary/aromatic N) is 1. The zero-order valence-corrected chi connectivity index (χ0v) is 18.5. The Morgan fingerprint density at radius 2 is 1.79 bits per heavy atom. The van der Waals surface area contributed by atoms with E-state index in [9.17, 15) is 23.5 Å². The first-order chi connectivity index (χ1) is 15.7. The number of rotatable bonds is 3. The van der Waals surface area contributed by atoms with Gasteiger partial charge in [0.15, 0.2) is 6.73 Å². The van der Waals surface area contributed by atoms with Gasteiger partial charge in [-0.15, -0.1) is 0 Å². The molecule has 1 aliphatic rings. The van der Waals surface area contributed by atoms with Gasteiger partial charge in [-0.1, -0.05) is 41.4 Å². The first-order valence-corrected chi connectivity index (χ1v) is 10.3. The number of amides is 1. The minimum atomic E-state index is -0.878. The number of methoxy groups -OCH3 is 1. The molecule has 0 radical (unpaired) electrons. The molecule has 6 nitrogen and oxygen atoms in total. The van der Waals surface area contributed by atoms with Crippen molar-refractivity contribution in [2.24, 2.45) is 0 Å². The number of para-hydroxylation sites is 1. The number of carbonyl (C=O) groups is 2. The number of hydrogen-bond donors (Lipinski definition) is 1. The van der Waals surface area contributed by atoms with Crippen molar-refractivity contribution in [1.29, 1.82) is 0 Å². The minimum Gasteiger partial charge on any atom is -0.507 e. The van der Waals surface area contributed by atoms with Gasteiger partial charge in [0.05, 0.1) is 29.3 Å². The van der Waals surface area contributed by atoms with E-state index < -0.39 is 29.3 Å². The molecule has 33 heavy (non-hydrogen) atoms. The van der Waals surface area contributed by atoms with Crippen LogP contribution in [0.1, 0.15) is 26.3 Å². The summed E-state index contributed by atoms with van der Waals surface area (Å²) >= 11 is 12.0. The molecule has 0 aromatic heterocycles. The van der Waals surface area contributed by atoms with E-state index in [1.807, 2.05) is 0 Å². The Morgan fingerprint density at radius 1 is 1.09 bits per heavy atom. The number of ether oxygens (including phenoxy) is 2. The van der Waals surface area contributed by atoms with Crippen molar-refractivity contribution < 1.29 is 33.0 Å². The normalized spacial score (nSPS) is 12.7. The molecule has 1 N–H and O–H groups in total. The highest BCUT2D eigenvalue weighted by Crippen LogP contribution is 2.40. The van der Waals surface area contributed by atoms with Gasteiger partial charge in [-0.05, 0) is 24.3 Å². The fourth-order valence-corrected chi connectivity index (χ4v) is 4.18. The van der Waals surface area contributed by atoms with E-state index in [0.717, 1.165) is 31.4 Å². The van der Waals surface area contributed by atoms with E-state index in [0.29, 0.717) is 16.9 Å². The minimum absolute atomic E-state index is 0.00130. The average molecular weight is 494 g/mol. The summed E-state index contributed by atoms with van der Waals surface area (Å²) in [5, 5.41) is 9.92. The van der Waals surface area contributed by atoms with Crippen LogP contribution in [0.15, 0.2) is 42.5 Å². The molecule has 0 fully saturated rings. The van der Waals surface area contributed by atoms with E-state index >= 15 is 0 Å². The first kappa shape index (κ1) is 22.8. The molecule has 0 aliphatic carbocycles. The van der Waals surface area contributed by atoms with Crippen molar-refractivity contribution in [2.75, 3.05) is 13.8 Å². The van der Waals surface area contributed by atoms with Gasteiger partial charge < -0.3 is 19.5 Å². The van der Waals surface area contributed by atoms with Crippen molar-refractivity contribution in [3.05, 3.63) is 80.8 Å². The molecule has 10 heteroatoms. The van der Waals surface area contributed by atoms with Gasteiger partial charge in [-0.25, -0.2) is 13.6 Å². The van der Waals surface area contributed by atoms with Crippen LogP contribution in [0.25, 0.3) is 11.1 Å². The molecule has 0 saturated carbocycles. The predicted octanol–water partition coefficient (Wildman–Crippen LogP) is 5.42. The highest BCUT2D eigenvalue weighted by Gasteiger charge is 2.29. The highest BCUT2D eigenvalue weighted by atomic mass is 35.5. The van der Waals surface area contributed by atoms with E-state index in [4.69, 9.17) is 27.9 Å². The maximum Gasteiger partial charge on any atom is 0.341 e. The Hall–Kier alpha value is -3.36. The molecule has 0 bridgehead atoms. The molecule has 3 aromatic carbocycles. The molecule has 1 aliphatic heterocycles. The van der Waals surface area contributed by atoms with Gasteiger partial charge in [0.2, 0.25) is 0 Å². The Bertz CT molecular complexity index is 1280. The number of halogens is 4. The van der Waals surface area contributed by atoms with E-state index in [1.54, 1.807) is 18.2 Å². The monoisotopic (exact) mass is 493 g/mol. The Balaban J connectivity index is 1.68. The third-order valence-electron chi connectivity index (χ3n) is 5.11. The van der Waals surface area contributed by atoms with Crippen LogP contribution < -0.4 is 4.74 Å². The number of esters is 1. The van der Waals surface area contributed by atoms with Gasteiger partial charge in [0, 0.05) is 16.7 Å². The Morgan fingerprint density at radius 3 is 2.45 bits per heavy atom. The number of phenols is 1. The lowest BCUT2D eigenvalue weighted by Gasteiger charge is -2.31. The summed E-state index contributed by atoms with van der Waals surface area (Å²) in [7, 11) is 1.12. The van der Waals surface area contributed by atoms with Crippen LogP contribution in [0.4, 0.5) is 8.78 Å². The highest BCUT2D eigenvalue weighted by molar-refractivity contribution is 6.39. The van der Waals surface area contributed by atoms with Gasteiger partial charge >= 0.3 is 5.97 Å². The van der Waals surface area contributed by atoms with E-state index in [1.165, 1.54) is 4.90 Å². The van der Waals surface area contributed by atoms with Crippen LogP contribution in [0.2, 0.25) is 10.0 Å². The van der Waals surface area contributed by atoms with Gasteiger partial charge in [0.1, 0.15) is 28.7 Å². The second-order valence-corrected chi connectivity index (χ2v) is 7.97. The van der Waals surface area contributed by atoms with Crippen molar-refractivity contribution in [2.45, 2.75) is 6.54 Å². The molecule has 170 valence electrons. The van der Waals surface area contributed by atoms with Crippen molar-refractivity contribution >= 4 is 35.1 Å². The van der Waals surface area contributed by atoms with Gasteiger partial charge in [0.25, 0.3) is 5.91 Å². The van der Waals surface area contributed by atoms with E-state index in [2.05, 4.69) is 4.74 Å². The number of hydrogen-bond acceptors (Lipinski definition) is 5. The molecule has 0 spiro atoms. The predicted molar refractivity (Wildman–Crippen MR) is 117 cm³/mol. The maximum absolute atomic E-state index is 14.8. The molecule has 3 aromatic rings. The molecule has 0 unspecified atom stereocenters. The van der Waals surface area contributed by atoms with Crippen molar-refractivity contribution in [3.8, 4) is 22.6 Å². The number of aromatic hydroxyl groups is 1. The average Bonchev–Trinajstić information content (AvgIpc) is 2.78. The molecule has 0 saturated heterocycles. The van der Waals surface area contributed by atoms with E-state index in [-0.39, 0.29) is 40.0 Å². The number of phenolic OH excluding ortho intramolecular Hbond substituents is 1. The molecule has 1 heterocycles. The molecule has 0 atom stereocenters. The fourth-order valence-electron chi connectivity index (χ4n) is 3.56. The second kappa shape index (κ2) is 8.88. The summed E-state index contributed by atoms with van der Waals surface area (Å²) < 4.78 is 38.6. The summed E-state index contributed by atoms with van der Waals surface area (Å²) in [4.78, 5) is 26.0. The lowest BCUT2D eigenvalue weighted by Crippen LogP contribution is -2.37. The zero-order valence-electron chi connectivity index (χ0n) is 17.0. The second-order valence-electron chi connectivity index (χ2n) is 7.16. The van der Waals surface area contributed by atoms with Crippen LogP contribution in [0, 0.1) is 11.6 Å². The Kier molecular flexibility index (Phi) is 6.14. The lowest BCUT2D eigenvalue weighted by molar-refractivity contribution is 0.0515. The number of benzene rings is 3. The fraction of sp³-hybridized carbons (Fsp3) is 0.130. The summed E-state index contributed by atoms with van der Waals surface area (Å²) in [5.41, 5.74) is 0.507. The SMILES string of the molecule is COC(=O)c1cc(F)c(-c2cccc3c2OCN(C(=O)c2c(Cl)cc(F)cc2Cl)C3)cc1O. The number of carbonyl (C=O) groups excluding carboxylic acids is 2. The third kappa shape index (κ3) is 4.19. The summed E-state index contributed by atoms with van der Waals surface area (Å²) in [6, 6.07) is 8.87. The third-order valence-corrected chi connectivity index (χ3v) is 5.71. The summed E-state index contributed by atoms with van der Waals surface area (Å²) in [5.74, 6) is -3.03. The zero-order chi connectivity index (χ0) is 23.9. The number of fused-ring (bicyclic) bond motifs is 1. The molecule has 1 amide bonds. The van der Waals surface area contributed by atoms with Crippen LogP contribution in [-0.4, -0.2) is 35.7 Å². The van der Waals surface area contributed by atoms with Crippen molar-refractivity contribution in [1.82, 2.24) is 4.90 Å². The van der Waals surface area contributed by atoms with Crippen LogP contribution in [-0.2, 0) is 11.3 Å². The topological polar surface area (TPSA) is 76.1 Å². The van der Waals surface area contributed by atoms with Gasteiger partial charge in [-0.2, -0.15) is 0 Å². The maximum atomic E-state index is 14.8. The molecular formula is C23H15Cl2F2NO5. The molecular weight excluding hydrogens is 479 g/mol. The summed E-state index contributed by atoms with van der Waals surface area (Å²) in [6.07, 6.45) is 0. The van der Waals surface area contributed by atoms with Crippen LogP contribution in [0.5, 0.6) is 11.5 Å². The first-order valence-electron chi connectivity index (χ1n) is 9.51. The van der Waals surface area contributed by atoms with Gasteiger partial charge in [-0.3, -0.25) is 4.79 Å². The summed E-state index contributed by atoms with van der Waals surface area (Å²) in [6.45, 7) is -0.124. The largest absolute Gasteiger partial charge is 0.507 e. The smallest absolute Gasteiger partial charge is 0.341 e. The lowest BCUT2D eigenvalue weighted by atomic mass is 9.98.